The summed E-state index contributed by atoms with van der Waals surface area (Å²) in [6.45, 7) is 11.3. The van der Waals surface area contributed by atoms with Crippen molar-refractivity contribution in [1.82, 2.24) is 9.80 Å². The number of para-hydroxylation sites is 2. The van der Waals surface area contributed by atoms with E-state index in [9.17, 15) is 18.7 Å². The first-order chi connectivity index (χ1) is 25.2. The summed E-state index contributed by atoms with van der Waals surface area (Å²) >= 11 is 3.17. The zero-order chi connectivity index (χ0) is 37.4. The van der Waals surface area contributed by atoms with Gasteiger partial charge in [0.1, 0.15) is 42.1 Å². The highest BCUT2D eigenvalue weighted by atomic mass is 79.9. The molecule has 0 bridgehead atoms. The van der Waals surface area contributed by atoms with Crippen LogP contribution in [0.15, 0.2) is 109 Å². The lowest BCUT2D eigenvalue weighted by Gasteiger charge is -2.24. The fourth-order valence-electron chi connectivity index (χ4n) is 5.58. The normalized spacial score (nSPS) is 16.8. The van der Waals surface area contributed by atoms with Crippen LogP contribution in [0.5, 0.6) is 11.5 Å². The average Bonchev–Trinajstić information content (AvgIpc) is 3.75. The number of halogens is 3. The number of carbonyl (C=O) groups is 1. The Labute approximate surface area is 316 Å². The van der Waals surface area contributed by atoms with Gasteiger partial charge in [-0.3, -0.25) is 14.6 Å². The Morgan fingerprint density at radius 3 is 1.65 bits per heavy atom. The van der Waals surface area contributed by atoms with Gasteiger partial charge >= 0.3 is 0 Å². The highest BCUT2D eigenvalue weighted by Gasteiger charge is 2.36. The van der Waals surface area contributed by atoms with E-state index in [-0.39, 0.29) is 11.6 Å². The molecule has 0 aromatic heterocycles. The highest BCUT2D eigenvalue weighted by Crippen LogP contribution is 2.26. The molecule has 2 saturated heterocycles. The van der Waals surface area contributed by atoms with Gasteiger partial charge in [-0.2, -0.15) is 0 Å². The molecule has 52 heavy (non-hydrogen) atoms. The van der Waals surface area contributed by atoms with E-state index < -0.39 is 5.60 Å². The molecule has 2 aliphatic rings. The number of aliphatic hydroxyl groups is 1. The fraction of sp³-hybridized carbons (Fsp3) is 0.405. The quantitative estimate of drug-likeness (QED) is 0.138. The van der Waals surface area contributed by atoms with Crippen LogP contribution >= 0.6 is 15.9 Å². The highest BCUT2D eigenvalue weighted by molar-refractivity contribution is 9.08. The third kappa shape index (κ3) is 16.8. The van der Waals surface area contributed by atoms with Crippen LogP contribution in [0.2, 0.25) is 0 Å². The van der Waals surface area contributed by atoms with E-state index in [1.807, 2.05) is 86.6 Å². The maximum atomic E-state index is 13.8. The number of Topliss-reactive ketones (excluding diaryl/α,β-unsaturated/α-hetero) is 1. The van der Waals surface area contributed by atoms with Crippen LogP contribution in [0.4, 0.5) is 8.78 Å². The molecule has 2 fully saturated rings. The number of hydrogen-bond donors (Lipinski definition) is 1. The zero-order valence-corrected chi connectivity index (χ0v) is 32.0. The van der Waals surface area contributed by atoms with E-state index in [0.717, 1.165) is 50.9 Å². The maximum absolute atomic E-state index is 13.8. The predicted molar refractivity (Wildman–Crippen MR) is 207 cm³/mol. The number of benzene rings is 4. The minimum Gasteiger partial charge on any atom is -0.492 e. The van der Waals surface area contributed by atoms with Gasteiger partial charge in [0.15, 0.2) is 0 Å². The average molecular weight is 784 g/mol. The van der Waals surface area contributed by atoms with Crippen molar-refractivity contribution in [3.8, 4) is 11.5 Å². The Morgan fingerprint density at radius 1 is 0.712 bits per heavy atom. The van der Waals surface area contributed by atoms with Crippen molar-refractivity contribution < 1.29 is 32.9 Å². The van der Waals surface area contributed by atoms with E-state index in [0.29, 0.717) is 67.8 Å². The van der Waals surface area contributed by atoms with Gasteiger partial charge in [-0.1, -0.05) is 88.7 Å². The smallest absolute Gasteiger partial charge is 0.148 e. The third-order valence-electron chi connectivity index (χ3n) is 8.34. The molecule has 1 N–H and O–H groups in total. The monoisotopic (exact) mass is 782 g/mol. The van der Waals surface area contributed by atoms with Gasteiger partial charge in [0.25, 0.3) is 0 Å². The second kappa shape index (κ2) is 24.5. The molecular formula is C42H53BrF2N2O5. The number of β-amino-alcohol motifs (C(OH)–C–C–N with tert-alkyl or cyclic N) is 1. The van der Waals surface area contributed by atoms with Crippen molar-refractivity contribution in [3.05, 3.63) is 132 Å². The molecule has 1 atom stereocenters. The summed E-state index contributed by atoms with van der Waals surface area (Å²) in [5.41, 5.74) is 0.435. The molecule has 10 heteroatoms. The Hall–Kier alpha value is -3.67. The van der Waals surface area contributed by atoms with E-state index in [4.69, 9.17) is 14.2 Å². The molecule has 0 spiro atoms. The van der Waals surface area contributed by atoms with E-state index in [1.54, 1.807) is 24.3 Å². The largest absolute Gasteiger partial charge is 0.492 e. The molecule has 4 aromatic rings. The second-order valence-electron chi connectivity index (χ2n) is 12.4. The van der Waals surface area contributed by atoms with Crippen LogP contribution in [0, 0.1) is 11.6 Å². The third-order valence-corrected chi connectivity index (χ3v) is 8.95. The van der Waals surface area contributed by atoms with Crippen LogP contribution in [-0.2, 0) is 21.3 Å². The van der Waals surface area contributed by atoms with Crippen molar-refractivity contribution in [2.45, 2.75) is 44.0 Å². The number of carbonyl (C=O) groups excluding carboxylic acids is 1. The van der Waals surface area contributed by atoms with Crippen molar-refractivity contribution in [2.24, 2.45) is 0 Å². The summed E-state index contributed by atoms with van der Waals surface area (Å²) in [6.07, 6.45) is 1.72. The number of ketones is 1. The Morgan fingerprint density at radius 2 is 1.21 bits per heavy atom. The second-order valence-corrected chi connectivity index (χ2v) is 13.0. The van der Waals surface area contributed by atoms with Gasteiger partial charge in [-0.05, 0) is 67.8 Å². The van der Waals surface area contributed by atoms with Crippen molar-refractivity contribution in [3.63, 3.8) is 0 Å². The number of ether oxygens (including phenoxy) is 3. The van der Waals surface area contributed by atoms with Crippen LogP contribution in [0.1, 0.15) is 37.8 Å². The molecule has 0 radical (unpaired) electrons. The molecule has 0 saturated carbocycles. The molecular weight excluding hydrogens is 730 g/mol. The summed E-state index contributed by atoms with van der Waals surface area (Å²) in [7, 11) is 0. The van der Waals surface area contributed by atoms with E-state index in [1.165, 1.54) is 12.1 Å². The summed E-state index contributed by atoms with van der Waals surface area (Å²) in [6, 6.07) is 32.8. The molecule has 4 aromatic carbocycles. The summed E-state index contributed by atoms with van der Waals surface area (Å²) < 4.78 is 42.4. The SMILES string of the molecule is CCOCC.Fc1ccccc1CBr.O=C1CCN(CCOc2ccccc2)C1.OC1(Cc2ccccc2F)CCN(CCOc2ccccc2)C1. The molecule has 1 unspecified atom stereocenters. The molecule has 0 aliphatic carbocycles. The molecule has 2 aliphatic heterocycles. The summed E-state index contributed by atoms with van der Waals surface area (Å²) in [4.78, 5) is 15.3. The first kappa shape index (κ1) is 42.7. The number of nitrogens with zero attached hydrogens (tertiary/aromatic N) is 2. The number of hydrogen-bond acceptors (Lipinski definition) is 7. The lowest BCUT2D eigenvalue weighted by atomic mass is 9.93. The number of likely N-dealkylation sites (tertiary alicyclic amines) is 2. The van der Waals surface area contributed by atoms with Crippen molar-refractivity contribution in [2.75, 3.05) is 65.7 Å². The number of alkyl halides is 1. The van der Waals surface area contributed by atoms with E-state index >= 15 is 0 Å². The first-order valence-corrected chi connectivity index (χ1v) is 19.0. The van der Waals surface area contributed by atoms with Gasteiger partial charge in [-0.25, -0.2) is 8.78 Å². The van der Waals surface area contributed by atoms with Gasteiger partial charge in [0.2, 0.25) is 0 Å². The molecule has 282 valence electrons. The number of rotatable bonds is 13. The Bertz CT molecular complexity index is 1550. The first-order valence-electron chi connectivity index (χ1n) is 17.9. The molecule has 2 heterocycles. The lowest BCUT2D eigenvalue weighted by molar-refractivity contribution is -0.116. The molecule has 7 nitrogen and oxygen atoms in total. The van der Waals surface area contributed by atoms with Gasteiger partial charge < -0.3 is 19.3 Å². The van der Waals surface area contributed by atoms with E-state index in [2.05, 4.69) is 25.7 Å². The standard InChI is InChI=1S/C19H22FNO2.C12H15NO2.C7H6BrF.C4H10O/c20-18-9-5-4-6-16(18)14-19(22)10-11-21(15-19)12-13-23-17-7-2-1-3-8-17;14-11-6-7-13(10-11)8-9-15-12-4-2-1-3-5-12;8-5-6-3-1-2-4-7(6)9;1-3-5-4-2/h1-9,22H,10-15H2;1-5H,6-10H2;1-4H,5H2;3-4H2,1-2H3. The van der Waals surface area contributed by atoms with Crippen molar-refractivity contribution >= 4 is 21.7 Å². The van der Waals surface area contributed by atoms with Gasteiger partial charge in [0.05, 0.1) is 12.1 Å². The Balaban J connectivity index is 0.000000215. The summed E-state index contributed by atoms with van der Waals surface area (Å²) in [5.74, 6) is 1.70. The minimum absolute atomic E-state index is 0.144. The predicted octanol–water partition coefficient (Wildman–Crippen LogP) is 7.99. The lowest BCUT2D eigenvalue weighted by Crippen LogP contribution is -2.36. The van der Waals surface area contributed by atoms with Crippen LogP contribution in [-0.4, -0.2) is 92.0 Å². The maximum Gasteiger partial charge on any atom is 0.148 e. The van der Waals surface area contributed by atoms with Crippen LogP contribution in [0.25, 0.3) is 0 Å². The van der Waals surface area contributed by atoms with Crippen LogP contribution < -0.4 is 9.47 Å². The zero-order valence-electron chi connectivity index (χ0n) is 30.4. The Kier molecular flexibility index (Phi) is 20.2. The summed E-state index contributed by atoms with van der Waals surface area (Å²) in [5, 5.41) is 11.3. The molecule has 0 amide bonds. The van der Waals surface area contributed by atoms with Crippen molar-refractivity contribution in [1.29, 1.82) is 0 Å². The minimum atomic E-state index is -0.852. The van der Waals surface area contributed by atoms with Gasteiger partial charge in [0, 0.05) is 64.1 Å². The topological polar surface area (TPSA) is 71.5 Å². The van der Waals surface area contributed by atoms with Gasteiger partial charge in [-0.15, -0.1) is 0 Å². The fourth-order valence-corrected chi connectivity index (χ4v) is 6.04. The molecule has 6 rings (SSSR count). The van der Waals surface area contributed by atoms with Crippen LogP contribution in [0.3, 0.4) is 0 Å².